The highest BCUT2D eigenvalue weighted by Crippen LogP contribution is 2.37. The predicted octanol–water partition coefficient (Wildman–Crippen LogP) is 6.00. The quantitative estimate of drug-likeness (QED) is 0.248. The maximum Gasteiger partial charge on any atom is 0.294 e. The molecule has 2 aromatic carbocycles. The van der Waals surface area contributed by atoms with Gasteiger partial charge < -0.3 is 18.6 Å². The number of furan rings is 1. The van der Waals surface area contributed by atoms with Crippen LogP contribution in [0.1, 0.15) is 5.56 Å². The van der Waals surface area contributed by atoms with Crippen molar-refractivity contribution in [2.75, 3.05) is 14.2 Å². The van der Waals surface area contributed by atoms with Crippen LogP contribution in [0.5, 0.6) is 16.7 Å². The molecule has 10 heteroatoms. The first-order chi connectivity index (χ1) is 17.6. The Morgan fingerprint density at radius 1 is 1.06 bits per heavy atom. The molecule has 0 unspecified atom stereocenters. The summed E-state index contributed by atoms with van der Waals surface area (Å²) in [6, 6.07) is 16.4. The predicted molar refractivity (Wildman–Crippen MR) is 133 cm³/mol. The molecule has 6 rings (SSSR count). The van der Waals surface area contributed by atoms with Crippen molar-refractivity contribution in [3.8, 4) is 39.3 Å². The molecular weight excluding hydrogens is 483 g/mol. The number of rotatable bonds is 7. The highest BCUT2D eigenvalue weighted by atomic mass is 32.1. The van der Waals surface area contributed by atoms with Gasteiger partial charge in [-0.05, 0) is 46.7 Å². The SMILES string of the molecule is COc1cc(OCc2cccc(-c3cccnc3F)c2)c2cc(-c3cn4nc(OC)sc4n3)oc2c1. The maximum absolute atomic E-state index is 14.2. The number of aromatic nitrogens is 4. The van der Waals surface area contributed by atoms with Crippen LogP contribution in [0.4, 0.5) is 4.39 Å². The molecule has 4 aromatic heterocycles. The Morgan fingerprint density at radius 2 is 1.97 bits per heavy atom. The lowest BCUT2D eigenvalue weighted by Crippen LogP contribution is -1.97. The van der Waals surface area contributed by atoms with Gasteiger partial charge in [-0.2, -0.15) is 4.39 Å². The summed E-state index contributed by atoms with van der Waals surface area (Å²) in [5.74, 6) is 1.26. The number of fused-ring (bicyclic) bond motifs is 2. The van der Waals surface area contributed by atoms with Crippen LogP contribution in [-0.4, -0.2) is 33.8 Å². The van der Waals surface area contributed by atoms with Gasteiger partial charge >= 0.3 is 0 Å². The van der Waals surface area contributed by atoms with Crippen LogP contribution >= 0.6 is 11.3 Å². The van der Waals surface area contributed by atoms with Crippen molar-refractivity contribution in [3.63, 3.8) is 0 Å². The number of pyridine rings is 1. The van der Waals surface area contributed by atoms with Gasteiger partial charge in [-0.3, -0.25) is 0 Å². The Morgan fingerprint density at radius 3 is 2.78 bits per heavy atom. The molecule has 36 heavy (non-hydrogen) atoms. The van der Waals surface area contributed by atoms with E-state index < -0.39 is 5.95 Å². The summed E-state index contributed by atoms with van der Waals surface area (Å²) >= 11 is 1.34. The second-order valence-electron chi connectivity index (χ2n) is 7.90. The van der Waals surface area contributed by atoms with Crippen LogP contribution in [0.25, 0.3) is 38.5 Å². The number of imidazole rings is 1. The van der Waals surface area contributed by atoms with Crippen molar-refractivity contribution >= 4 is 27.3 Å². The number of methoxy groups -OCH3 is 2. The third-order valence-electron chi connectivity index (χ3n) is 5.65. The van der Waals surface area contributed by atoms with E-state index in [1.165, 1.54) is 17.5 Å². The van der Waals surface area contributed by atoms with Gasteiger partial charge in [-0.15, -0.1) is 5.10 Å². The highest BCUT2D eigenvalue weighted by molar-refractivity contribution is 7.18. The molecule has 4 heterocycles. The van der Waals surface area contributed by atoms with Crippen molar-refractivity contribution in [2.45, 2.75) is 6.61 Å². The van der Waals surface area contributed by atoms with E-state index >= 15 is 0 Å². The standard InChI is InChI=1S/C26H19FN4O4S/c1-32-17-10-21(34-14-15-5-3-6-16(9-15)18-7-4-8-28-24(18)27)19-12-23(35-22(19)11-17)20-13-31-25(29-20)36-26(30-31)33-2/h3-13H,14H2,1-2H3. The Bertz CT molecular complexity index is 1680. The van der Waals surface area contributed by atoms with E-state index in [4.69, 9.17) is 18.6 Å². The molecule has 180 valence electrons. The zero-order chi connectivity index (χ0) is 24.6. The van der Waals surface area contributed by atoms with E-state index in [2.05, 4.69) is 15.1 Å². The lowest BCUT2D eigenvalue weighted by molar-refractivity contribution is 0.307. The molecule has 8 nitrogen and oxygen atoms in total. The van der Waals surface area contributed by atoms with Crippen LogP contribution < -0.4 is 14.2 Å². The van der Waals surface area contributed by atoms with Gasteiger partial charge in [0.2, 0.25) is 10.9 Å². The second-order valence-corrected chi connectivity index (χ2v) is 8.82. The van der Waals surface area contributed by atoms with E-state index in [1.807, 2.05) is 36.4 Å². The lowest BCUT2D eigenvalue weighted by Gasteiger charge is -2.10. The number of ether oxygens (including phenoxy) is 3. The zero-order valence-corrected chi connectivity index (χ0v) is 20.1. The summed E-state index contributed by atoms with van der Waals surface area (Å²) in [4.78, 5) is 9.03. The van der Waals surface area contributed by atoms with Crippen LogP contribution in [-0.2, 0) is 6.61 Å². The highest BCUT2D eigenvalue weighted by Gasteiger charge is 2.17. The fourth-order valence-corrected chi connectivity index (χ4v) is 4.62. The first kappa shape index (κ1) is 22.1. The van der Waals surface area contributed by atoms with Gasteiger partial charge in [0.1, 0.15) is 29.4 Å². The van der Waals surface area contributed by atoms with E-state index in [-0.39, 0.29) is 6.61 Å². The van der Waals surface area contributed by atoms with Gasteiger partial charge in [-0.1, -0.05) is 18.2 Å². The minimum absolute atomic E-state index is 0.266. The van der Waals surface area contributed by atoms with E-state index in [1.54, 1.807) is 43.1 Å². The average Bonchev–Trinajstić information content (AvgIpc) is 3.60. The molecule has 0 aliphatic rings. The molecular formula is C26H19FN4O4S. The van der Waals surface area contributed by atoms with Gasteiger partial charge in [0.25, 0.3) is 5.19 Å². The molecule has 6 aromatic rings. The molecule has 0 N–H and O–H groups in total. The number of hydrogen-bond donors (Lipinski definition) is 0. The summed E-state index contributed by atoms with van der Waals surface area (Å²) < 4.78 is 38.7. The monoisotopic (exact) mass is 502 g/mol. The Labute approximate surface area is 208 Å². The minimum atomic E-state index is -0.510. The molecule has 0 saturated heterocycles. The van der Waals surface area contributed by atoms with Gasteiger partial charge in [0, 0.05) is 23.9 Å². The first-order valence-corrected chi connectivity index (χ1v) is 11.8. The molecule has 0 aliphatic heterocycles. The van der Waals surface area contributed by atoms with E-state index in [0.29, 0.717) is 44.3 Å². The Kier molecular flexibility index (Phi) is 5.49. The van der Waals surface area contributed by atoms with E-state index in [9.17, 15) is 4.39 Å². The maximum atomic E-state index is 14.2. The van der Waals surface area contributed by atoms with Crippen LogP contribution in [0.2, 0.25) is 0 Å². The molecule has 0 aliphatic carbocycles. The lowest BCUT2D eigenvalue weighted by atomic mass is 10.0. The molecule has 0 amide bonds. The summed E-state index contributed by atoms with van der Waals surface area (Å²) in [7, 11) is 3.16. The van der Waals surface area contributed by atoms with Gasteiger partial charge in [-0.25, -0.2) is 14.5 Å². The molecule has 0 saturated carbocycles. The topological polar surface area (TPSA) is 83.9 Å². The summed E-state index contributed by atoms with van der Waals surface area (Å²) in [5, 5.41) is 5.62. The third-order valence-corrected chi connectivity index (χ3v) is 6.54. The van der Waals surface area contributed by atoms with Gasteiger partial charge in [0.15, 0.2) is 5.76 Å². The molecule has 0 radical (unpaired) electrons. The third kappa shape index (κ3) is 4.01. The second kappa shape index (κ2) is 8.97. The van der Waals surface area contributed by atoms with Crippen molar-refractivity contribution < 1.29 is 23.0 Å². The fraction of sp³-hybridized carbons (Fsp3) is 0.115. The normalized spacial score (nSPS) is 11.3. The average molecular weight is 503 g/mol. The number of hydrogen-bond acceptors (Lipinski definition) is 8. The molecule has 0 bridgehead atoms. The summed E-state index contributed by atoms with van der Waals surface area (Å²) in [6.07, 6.45) is 3.21. The largest absolute Gasteiger partial charge is 0.496 e. The van der Waals surface area contributed by atoms with Gasteiger partial charge in [0.05, 0.1) is 25.8 Å². The smallest absolute Gasteiger partial charge is 0.294 e. The Hall–Kier alpha value is -4.44. The first-order valence-electron chi connectivity index (χ1n) is 11.0. The number of halogens is 1. The van der Waals surface area contributed by atoms with Crippen molar-refractivity contribution in [1.29, 1.82) is 0 Å². The molecule has 0 fully saturated rings. The minimum Gasteiger partial charge on any atom is -0.496 e. The van der Waals surface area contributed by atoms with Crippen molar-refractivity contribution in [2.24, 2.45) is 0 Å². The number of nitrogens with zero attached hydrogens (tertiary/aromatic N) is 4. The molecule has 0 atom stereocenters. The molecule has 0 spiro atoms. The van der Waals surface area contributed by atoms with Crippen LogP contribution in [0.15, 0.2) is 71.4 Å². The summed E-state index contributed by atoms with van der Waals surface area (Å²) in [5.41, 5.74) is 3.30. The van der Waals surface area contributed by atoms with Crippen molar-refractivity contribution in [1.82, 2.24) is 19.6 Å². The number of benzene rings is 2. The van der Waals surface area contributed by atoms with Crippen LogP contribution in [0, 0.1) is 5.95 Å². The Balaban J connectivity index is 1.31. The van der Waals surface area contributed by atoms with Crippen molar-refractivity contribution in [3.05, 3.63) is 78.5 Å². The fourth-order valence-electron chi connectivity index (χ4n) is 3.92. The van der Waals surface area contributed by atoms with E-state index in [0.717, 1.165) is 16.5 Å². The van der Waals surface area contributed by atoms with Crippen LogP contribution in [0.3, 0.4) is 0 Å². The zero-order valence-electron chi connectivity index (χ0n) is 19.3. The summed E-state index contributed by atoms with van der Waals surface area (Å²) in [6.45, 7) is 0.266.